The van der Waals surface area contributed by atoms with Crippen LogP contribution in [0.1, 0.15) is 35.9 Å². The van der Waals surface area contributed by atoms with Gasteiger partial charge in [-0.15, -0.1) is 11.3 Å². The third-order valence-electron chi connectivity index (χ3n) is 5.66. The van der Waals surface area contributed by atoms with E-state index < -0.39 is 6.04 Å². The molecule has 0 aliphatic rings. The van der Waals surface area contributed by atoms with Gasteiger partial charge in [-0.25, -0.2) is 4.98 Å². The highest BCUT2D eigenvalue weighted by Gasteiger charge is 2.22. The summed E-state index contributed by atoms with van der Waals surface area (Å²) in [5, 5.41) is 3.60. The van der Waals surface area contributed by atoms with Crippen LogP contribution >= 0.6 is 11.3 Å². The number of fused-ring (bicyclic) bond motifs is 1. The minimum Gasteiger partial charge on any atom is -0.324 e. The number of hydrogen-bond donors (Lipinski definition) is 1. The fourth-order valence-electron chi connectivity index (χ4n) is 3.90. The van der Waals surface area contributed by atoms with Crippen LogP contribution in [0.25, 0.3) is 21.3 Å². The van der Waals surface area contributed by atoms with Crippen LogP contribution < -0.4 is 10.9 Å². The Hall–Kier alpha value is -3.25. The quantitative estimate of drug-likeness (QED) is 0.453. The molecule has 0 aliphatic carbocycles. The Morgan fingerprint density at radius 3 is 2.58 bits per heavy atom. The van der Waals surface area contributed by atoms with Crippen LogP contribution in [0.4, 0.5) is 5.69 Å². The molecule has 2 heterocycles. The SMILES string of the molecule is CCc1cccc(C)c1NC(=O)C(C)n1cnc2sc(C)c(-c3ccccc3)c2c1=O. The number of thiophene rings is 1. The van der Waals surface area contributed by atoms with Crippen LogP contribution in [-0.4, -0.2) is 15.5 Å². The van der Waals surface area contributed by atoms with E-state index in [0.29, 0.717) is 10.2 Å². The number of aromatic nitrogens is 2. The van der Waals surface area contributed by atoms with Crippen molar-refractivity contribution in [3.05, 3.63) is 81.2 Å². The number of benzene rings is 2. The number of nitrogens with zero attached hydrogens (tertiary/aromatic N) is 2. The van der Waals surface area contributed by atoms with Crippen molar-refractivity contribution >= 4 is 33.1 Å². The summed E-state index contributed by atoms with van der Waals surface area (Å²) in [6, 6.07) is 15.1. The van der Waals surface area contributed by atoms with Crippen molar-refractivity contribution in [2.45, 2.75) is 40.2 Å². The van der Waals surface area contributed by atoms with Crippen molar-refractivity contribution in [2.24, 2.45) is 0 Å². The lowest BCUT2D eigenvalue weighted by molar-refractivity contribution is -0.118. The van der Waals surface area contributed by atoms with E-state index in [4.69, 9.17) is 0 Å². The lowest BCUT2D eigenvalue weighted by Gasteiger charge is -2.18. The normalized spacial score (nSPS) is 12.1. The number of rotatable bonds is 5. The summed E-state index contributed by atoms with van der Waals surface area (Å²) in [6.07, 6.45) is 2.30. The first-order chi connectivity index (χ1) is 14.9. The maximum absolute atomic E-state index is 13.5. The Morgan fingerprint density at radius 2 is 1.87 bits per heavy atom. The lowest BCUT2D eigenvalue weighted by Crippen LogP contribution is -2.32. The minimum atomic E-state index is -0.697. The van der Waals surface area contributed by atoms with Crippen LogP contribution in [0.3, 0.4) is 0 Å². The van der Waals surface area contributed by atoms with Gasteiger partial charge in [0.1, 0.15) is 10.9 Å². The molecule has 0 radical (unpaired) electrons. The van der Waals surface area contributed by atoms with Crippen LogP contribution in [0, 0.1) is 13.8 Å². The number of aryl methyl sites for hydroxylation is 3. The van der Waals surface area contributed by atoms with E-state index >= 15 is 0 Å². The molecule has 31 heavy (non-hydrogen) atoms. The van der Waals surface area contributed by atoms with Gasteiger partial charge < -0.3 is 5.32 Å². The summed E-state index contributed by atoms with van der Waals surface area (Å²) in [7, 11) is 0. The molecule has 0 saturated heterocycles. The summed E-state index contributed by atoms with van der Waals surface area (Å²) in [5.41, 5.74) is 4.57. The number of amides is 1. The molecule has 2 aromatic carbocycles. The first kappa shape index (κ1) is 21.0. The van der Waals surface area contributed by atoms with E-state index in [1.165, 1.54) is 22.2 Å². The van der Waals surface area contributed by atoms with E-state index in [2.05, 4.69) is 17.2 Å². The van der Waals surface area contributed by atoms with E-state index in [1.54, 1.807) is 6.92 Å². The number of carbonyl (C=O) groups is 1. The second-order valence-electron chi connectivity index (χ2n) is 7.66. The van der Waals surface area contributed by atoms with Gasteiger partial charge in [0.25, 0.3) is 5.56 Å². The molecule has 1 amide bonds. The van der Waals surface area contributed by atoms with Crippen molar-refractivity contribution in [3.63, 3.8) is 0 Å². The molecule has 4 aromatic rings. The highest BCUT2D eigenvalue weighted by molar-refractivity contribution is 7.19. The smallest absolute Gasteiger partial charge is 0.263 e. The second kappa shape index (κ2) is 8.47. The van der Waals surface area contributed by atoms with E-state index in [0.717, 1.165) is 39.2 Å². The fourth-order valence-corrected chi connectivity index (χ4v) is 4.90. The molecular weight excluding hydrogens is 406 g/mol. The molecule has 0 saturated carbocycles. The Bertz CT molecular complexity index is 1320. The molecule has 0 bridgehead atoms. The first-order valence-corrected chi connectivity index (χ1v) is 11.2. The molecule has 1 atom stereocenters. The molecule has 4 rings (SSSR count). The summed E-state index contributed by atoms with van der Waals surface area (Å²) < 4.78 is 1.43. The summed E-state index contributed by atoms with van der Waals surface area (Å²) in [5.74, 6) is -0.236. The standard InChI is InChI=1S/C25H25N3O2S/c1-5-18-13-9-10-15(2)22(18)27-23(29)16(3)28-14-26-24-21(25(28)30)20(17(4)31-24)19-11-7-6-8-12-19/h6-14,16H,5H2,1-4H3,(H,27,29). The zero-order valence-electron chi connectivity index (χ0n) is 18.1. The number of nitrogens with one attached hydrogen (secondary N) is 1. The van der Waals surface area contributed by atoms with Crippen LogP contribution in [0.15, 0.2) is 59.7 Å². The van der Waals surface area contributed by atoms with Gasteiger partial charge in [0.05, 0.1) is 11.7 Å². The van der Waals surface area contributed by atoms with Crippen molar-refractivity contribution in [1.82, 2.24) is 9.55 Å². The third kappa shape index (κ3) is 3.79. The van der Waals surface area contributed by atoms with Crippen LogP contribution in [0.5, 0.6) is 0 Å². The number of carbonyl (C=O) groups excluding carboxylic acids is 1. The summed E-state index contributed by atoms with van der Waals surface area (Å²) >= 11 is 1.50. The fraction of sp³-hybridized carbons (Fsp3) is 0.240. The zero-order valence-corrected chi connectivity index (χ0v) is 18.9. The van der Waals surface area contributed by atoms with Crippen molar-refractivity contribution < 1.29 is 4.79 Å². The van der Waals surface area contributed by atoms with Gasteiger partial charge in [-0.05, 0) is 43.9 Å². The number of para-hydroxylation sites is 1. The van der Waals surface area contributed by atoms with Gasteiger partial charge in [-0.3, -0.25) is 14.2 Å². The predicted molar refractivity (Wildman–Crippen MR) is 128 cm³/mol. The topological polar surface area (TPSA) is 64.0 Å². The molecule has 5 nitrogen and oxygen atoms in total. The predicted octanol–water partition coefficient (Wildman–Crippen LogP) is 5.50. The molecule has 0 aliphatic heterocycles. The van der Waals surface area contributed by atoms with E-state index in [1.807, 2.05) is 62.4 Å². The Balaban J connectivity index is 1.76. The zero-order chi connectivity index (χ0) is 22.1. The summed E-state index contributed by atoms with van der Waals surface area (Å²) in [4.78, 5) is 32.8. The lowest BCUT2D eigenvalue weighted by atomic mass is 10.0. The first-order valence-electron chi connectivity index (χ1n) is 10.4. The van der Waals surface area contributed by atoms with Gasteiger partial charge in [0.15, 0.2) is 0 Å². The highest BCUT2D eigenvalue weighted by Crippen LogP contribution is 2.35. The monoisotopic (exact) mass is 431 g/mol. The Labute approximate surface area is 185 Å². The van der Waals surface area contributed by atoms with Crippen molar-refractivity contribution in [2.75, 3.05) is 5.32 Å². The second-order valence-corrected chi connectivity index (χ2v) is 8.87. The minimum absolute atomic E-state index is 0.198. The van der Waals surface area contributed by atoms with E-state index in [9.17, 15) is 9.59 Å². The van der Waals surface area contributed by atoms with Crippen molar-refractivity contribution in [1.29, 1.82) is 0 Å². The van der Waals surface area contributed by atoms with Gasteiger partial charge in [0, 0.05) is 16.1 Å². The largest absolute Gasteiger partial charge is 0.324 e. The van der Waals surface area contributed by atoms with Gasteiger partial charge in [0.2, 0.25) is 5.91 Å². The Kier molecular flexibility index (Phi) is 5.74. The highest BCUT2D eigenvalue weighted by atomic mass is 32.1. The van der Waals surface area contributed by atoms with Gasteiger partial charge in [-0.2, -0.15) is 0 Å². The van der Waals surface area contributed by atoms with Crippen LogP contribution in [0.2, 0.25) is 0 Å². The molecule has 0 fully saturated rings. The molecule has 6 heteroatoms. The molecule has 1 N–H and O–H groups in total. The van der Waals surface area contributed by atoms with Crippen molar-refractivity contribution in [3.8, 4) is 11.1 Å². The van der Waals surface area contributed by atoms with E-state index in [-0.39, 0.29) is 11.5 Å². The van der Waals surface area contributed by atoms with Crippen LogP contribution in [-0.2, 0) is 11.2 Å². The Morgan fingerprint density at radius 1 is 1.13 bits per heavy atom. The molecular formula is C25H25N3O2S. The average molecular weight is 432 g/mol. The summed E-state index contributed by atoms with van der Waals surface area (Å²) in [6.45, 7) is 7.76. The molecule has 158 valence electrons. The maximum atomic E-state index is 13.5. The number of anilines is 1. The molecule has 0 spiro atoms. The van der Waals surface area contributed by atoms with Gasteiger partial charge in [-0.1, -0.05) is 55.5 Å². The molecule has 2 aromatic heterocycles. The maximum Gasteiger partial charge on any atom is 0.263 e. The number of hydrogen-bond acceptors (Lipinski definition) is 4. The third-order valence-corrected chi connectivity index (χ3v) is 6.67. The molecule has 1 unspecified atom stereocenters. The average Bonchev–Trinajstić information content (AvgIpc) is 3.12. The van der Waals surface area contributed by atoms with Gasteiger partial charge >= 0.3 is 0 Å².